The summed E-state index contributed by atoms with van der Waals surface area (Å²) in [5, 5.41) is 6.67. The summed E-state index contributed by atoms with van der Waals surface area (Å²) in [6, 6.07) is 12.0. The van der Waals surface area contributed by atoms with Crippen molar-refractivity contribution in [3.8, 4) is 11.5 Å². The number of hydrogen-bond acceptors (Lipinski definition) is 5. The highest BCUT2D eigenvalue weighted by Crippen LogP contribution is 2.30. The number of carbonyl (C=O) groups excluding carboxylic acids is 1. The summed E-state index contributed by atoms with van der Waals surface area (Å²) in [5.74, 6) is 1.33. The van der Waals surface area contributed by atoms with E-state index in [1.165, 1.54) is 6.21 Å². The summed E-state index contributed by atoms with van der Waals surface area (Å²) in [5.41, 5.74) is 1.25. The summed E-state index contributed by atoms with van der Waals surface area (Å²) >= 11 is 5.83. The highest BCUT2D eigenvalue weighted by Gasteiger charge is 2.11. The molecule has 1 amide bonds. The van der Waals surface area contributed by atoms with E-state index < -0.39 is 6.09 Å². The van der Waals surface area contributed by atoms with Crippen LogP contribution in [0.15, 0.2) is 47.6 Å². The normalized spacial score (nSPS) is 12.9. The van der Waals surface area contributed by atoms with E-state index in [4.69, 9.17) is 25.9 Å². The summed E-state index contributed by atoms with van der Waals surface area (Å²) in [7, 11) is 0. The zero-order chi connectivity index (χ0) is 16.1. The highest BCUT2D eigenvalue weighted by atomic mass is 35.5. The lowest BCUT2D eigenvalue weighted by Crippen LogP contribution is -2.15. The van der Waals surface area contributed by atoms with E-state index in [1.807, 2.05) is 0 Å². The van der Waals surface area contributed by atoms with Crippen LogP contribution >= 0.6 is 11.6 Å². The van der Waals surface area contributed by atoms with E-state index in [1.54, 1.807) is 42.5 Å². The van der Waals surface area contributed by atoms with Gasteiger partial charge in [-0.15, -0.1) is 0 Å². The van der Waals surface area contributed by atoms with Crippen LogP contribution in [0.3, 0.4) is 0 Å². The van der Waals surface area contributed by atoms with Gasteiger partial charge in [0.15, 0.2) is 11.5 Å². The Kier molecular flexibility index (Phi) is 4.63. The second-order valence-electron chi connectivity index (χ2n) is 4.65. The van der Waals surface area contributed by atoms with E-state index in [-0.39, 0.29) is 0 Å². The lowest BCUT2D eigenvalue weighted by Gasteiger charge is -2.18. The molecule has 23 heavy (non-hydrogen) atoms. The van der Waals surface area contributed by atoms with Crippen molar-refractivity contribution in [2.24, 2.45) is 5.16 Å². The monoisotopic (exact) mass is 332 g/mol. The first-order valence-electron chi connectivity index (χ1n) is 6.87. The topological polar surface area (TPSA) is 69.2 Å². The molecule has 7 heteroatoms. The number of anilines is 1. The largest absolute Gasteiger partial charge is 0.486 e. The molecule has 6 nitrogen and oxygen atoms in total. The second kappa shape index (κ2) is 7.02. The van der Waals surface area contributed by atoms with Gasteiger partial charge >= 0.3 is 6.09 Å². The van der Waals surface area contributed by atoms with Crippen LogP contribution in [-0.4, -0.2) is 25.5 Å². The Morgan fingerprint density at radius 1 is 1.17 bits per heavy atom. The van der Waals surface area contributed by atoms with E-state index in [2.05, 4.69) is 10.5 Å². The molecule has 0 spiro atoms. The van der Waals surface area contributed by atoms with Crippen molar-refractivity contribution in [2.45, 2.75) is 0 Å². The first-order valence-corrected chi connectivity index (χ1v) is 7.25. The standard InChI is InChI=1S/C16H13ClN2O4/c17-12-2-1-3-13(9-12)19-16(20)23-18-10-11-4-5-14-15(8-11)22-7-6-21-14/h1-5,8-10H,6-7H2,(H,19,20)/b18-10+. The molecular weight excluding hydrogens is 320 g/mol. The van der Waals surface area contributed by atoms with E-state index in [9.17, 15) is 4.79 Å². The predicted octanol–water partition coefficient (Wildman–Crippen LogP) is 3.69. The molecule has 0 unspecified atom stereocenters. The van der Waals surface area contributed by atoms with E-state index >= 15 is 0 Å². The van der Waals surface area contributed by atoms with Gasteiger partial charge in [0.25, 0.3) is 0 Å². The molecule has 0 aromatic heterocycles. The number of nitrogens with one attached hydrogen (secondary N) is 1. The summed E-state index contributed by atoms with van der Waals surface area (Å²) < 4.78 is 10.9. The smallest absolute Gasteiger partial charge is 0.437 e. The maximum Gasteiger partial charge on any atom is 0.437 e. The first kappa shape index (κ1) is 15.2. The average Bonchev–Trinajstić information content (AvgIpc) is 2.55. The summed E-state index contributed by atoms with van der Waals surface area (Å²) in [4.78, 5) is 16.3. The van der Waals surface area contributed by atoms with Crippen LogP contribution in [0.1, 0.15) is 5.56 Å². The number of oxime groups is 1. The van der Waals surface area contributed by atoms with Crippen LogP contribution in [0.4, 0.5) is 10.5 Å². The van der Waals surface area contributed by atoms with Crippen molar-refractivity contribution in [1.29, 1.82) is 0 Å². The first-order chi connectivity index (χ1) is 11.2. The molecule has 1 N–H and O–H groups in total. The Balaban J connectivity index is 1.57. The van der Waals surface area contributed by atoms with Gasteiger partial charge in [-0.2, -0.15) is 0 Å². The van der Waals surface area contributed by atoms with Crippen LogP contribution in [0.2, 0.25) is 5.02 Å². The van der Waals surface area contributed by atoms with Crippen LogP contribution < -0.4 is 14.8 Å². The number of nitrogens with zero attached hydrogens (tertiary/aromatic N) is 1. The Bertz CT molecular complexity index is 749. The van der Waals surface area contributed by atoms with Crippen LogP contribution in [-0.2, 0) is 4.84 Å². The van der Waals surface area contributed by atoms with E-state index in [0.717, 1.165) is 5.56 Å². The molecular formula is C16H13ClN2O4. The Morgan fingerprint density at radius 2 is 2.00 bits per heavy atom. The van der Waals surface area contributed by atoms with Crippen molar-refractivity contribution in [3.63, 3.8) is 0 Å². The van der Waals surface area contributed by atoms with Crippen LogP contribution in [0.5, 0.6) is 11.5 Å². The molecule has 0 saturated carbocycles. The zero-order valence-corrected chi connectivity index (χ0v) is 12.7. The molecule has 118 valence electrons. The third-order valence-electron chi connectivity index (χ3n) is 2.97. The molecule has 0 bridgehead atoms. The maximum atomic E-state index is 11.6. The van der Waals surface area contributed by atoms with E-state index in [0.29, 0.717) is 35.4 Å². The molecule has 1 aliphatic heterocycles. The molecule has 1 heterocycles. The third-order valence-corrected chi connectivity index (χ3v) is 3.21. The lowest BCUT2D eigenvalue weighted by atomic mass is 10.2. The Labute approximate surface area is 137 Å². The number of halogens is 1. The number of benzene rings is 2. The van der Waals surface area contributed by atoms with Gasteiger partial charge in [0.05, 0.1) is 6.21 Å². The van der Waals surface area contributed by atoms with Gasteiger partial charge in [0, 0.05) is 16.3 Å². The number of ether oxygens (including phenoxy) is 2. The molecule has 0 aliphatic carbocycles. The number of fused-ring (bicyclic) bond motifs is 1. The van der Waals surface area contributed by atoms with Crippen LogP contribution in [0.25, 0.3) is 0 Å². The average molecular weight is 333 g/mol. The van der Waals surface area contributed by atoms with Crippen LogP contribution in [0, 0.1) is 0 Å². The fourth-order valence-corrected chi connectivity index (χ4v) is 2.17. The third kappa shape index (κ3) is 4.14. The van der Waals surface area contributed by atoms with Gasteiger partial charge < -0.3 is 9.47 Å². The number of carbonyl (C=O) groups is 1. The Morgan fingerprint density at radius 3 is 2.83 bits per heavy atom. The lowest BCUT2D eigenvalue weighted by molar-refractivity contribution is 0.167. The zero-order valence-electron chi connectivity index (χ0n) is 12.0. The quantitative estimate of drug-likeness (QED) is 0.528. The van der Waals surface area contributed by atoms with Gasteiger partial charge in [0.1, 0.15) is 13.2 Å². The number of hydrogen-bond donors (Lipinski definition) is 1. The van der Waals surface area contributed by atoms with Crippen molar-refractivity contribution < 1.29 is 19.1 Å². The number of rotatable bonds is 3. The minimum absolute atomic E-state index is 0.506. The molecule has 3 rings (SSSR count). The molecule has 2 aromatic rings. The maximum absolute atomic E-state index is 11.6. The summed E-state index contributed by atoms with van der Waals surface area (Å²) in [6.07, 6.45) is 0.705. The van der Waals surface area contributed by atoms with Gasteiger partial charge in [-0.25, -0.2) is 4.79 Å². The van der Waals surface area contributed by atoms with Gasteiger partial charge in [-0.1, -0.05) is 22.8 Å². The molecule has 0 saturated heterocycles. The molecule has 0 atom stereocenters. The van der Waals surface area contributed by atoms with Gasteiger partial charge in [-0.3, -0.25) is 10.2 Å². The molecule has 0 fully saturated rings. The summed E-state index contributed by atoms with van der Waals surface area (Å²) in [6.45, 7) is 1.04. The Hall–Kier alpha value is -2.73. The minimum atomic E-state index is -0.707. The molecule has 0 radical (unpaired) electrons. The van der Waals surface area contributed by atoms with Gasteiger partial charge in [0.2, 0.25) is 0 Å². The van der Waals surface area contributed by atoms with Crippen molar-refractivity contribution in [3.05, 3.63) is 53.1 Å². The fraction of sp³-hybridized carbons (Fsp3) is 0.125. The number of amides is 1. The predicted molar refractivity (Wildman–Crippen MR) is 86.6 cm³/mol. The van der Waals surface area contributed by atoms with Crippen molar-refractivity contribution >= 4 is 29.6 Å². The molecule has 2 aromatic carbocycles. The minimum Gasteiger partial charge on any atom is -0.486 e. The molecule has 1 aliphatic rings. The highest BCUT2D eigenvalue weighted by molar-refractivity contribution is 6.30. The van der Waals surface area contributed by atoms with Gasteiger partial charge in [-0.05, 0) is 36.4 Å². The second-order valence-corrected chi connectivity index (χ2v) is 5.09. The SMILES string of the molecule is O=C(Nc1cccc(Cl)c1)O/N=C/c1ccc2c(c1)OCCO2. The van der Waals surface area contributed by atoms with Crippen molar-refractivity contribution in [1.82, 2.24) is 0 Å². The fourth-order valence-electron chi connectivity index (χ4n) is 1.98. The van der Waals surface area contributed by atoms with Crippen molar-refractivity contribution in [2.75, 3.05) is 18.5 Å².